The van der Waals surface area contributed by atoms with Crippen molar-refractivity contribution in [3.05, 3.63) is 40.8 Å². The molecule has 2 aliphatic carbocycles. The van der Waals surface area contributed by atoms with Crippen LogP contribution in [0.4, 0.5) is 0 Å². The van der Waals surface area contributed by atoms with Gasteiger partial charge in [-0.1, -0.05) is 30.2 Å². The lowest BCUT2D eigenvalue weighted by Crippen LogP contribution is -2.55. The molecule has 5 atom stereocenters. The summed E-state index contributed by atoms with van der Waals surface area (Å²) in [6, 6.07) is 3.35. The van der Waals surface area contributed by atoms with Gasteiger partial charge >= 0.3 is 0 Å². The van der Waals surface area contributed by atoms with E-state index in [4.69, 9.17) is 14.2 Å². The Kier molecular flexibility index (Phi) is 9.87. The molecule has 2 N–H and O–H groups in total. The standard InChI is InChI=1S/C35H45N5O7S/c1-5-46-29-18-28(24-13-14-27(45-4)21(2)30(24)36-29)47-23-17-26-31(41)37-35(33(43)39-48-34(3)15-16-34)19-22(35)11-9-7-6-8-10-12-25(38-44)32(42)40(26)20-23/h9,11,13-14,18,22-23,25-26H,5-8,10,12,15-17,19-20H2,1-4H3,(H,37,41)(H,39,43)/b11-9-/t22-,23-,25+,26+,35-/m1/s1. The number of nitrogens with zero attached hydrogens (tertiary/aromatic N) is 3. The lowest BCUT2D eigenvalue weighted by molar-refractivity contribution is -0.140. The van der Waals surface area contributed by atoms with Gasteiger partial charge in [0.1, 0.15) is 29.2 Å². The Morgan fingerprint density at radius 1 is 1.21 bits per heavy atom. The molecule has 0 spiro atoms. The SMILES string of the molecule is CCOc1cc(O[C@@H]2C[C@H]3C(=O)N[C@]4(C(=O)NSC5(C)CC5)C[C@H]4/C=C\CCCCC[C@H](N=O)C(=O)N3C2)c2ccc(OC)c(C)c2n1. The highest BCUT2D eigenvalue weighted by molar-refractivity contribution is 7.99. The van der Waals surface area contributed by atoms with Crippen molar-refractivity contribution in [3.8, 4) is 17.4 Å². The van der Waals surface area contributed by atoms with Crippen LogP contribution in [0.25, 0.3) is 10.9 Å². The molecular formula is C35H45N5O7S. The topological polar surface area (TPSA) is 149 Å². The van der Waals surface area contributed by atoms with Gasteiger partial charge in [-0.3, -0.25) is 19.1 Å². The van der Waals surface area contributed by atoms with E-state index in [1.54, 1.807) is 13.2 Å². The molecule has 258 valence electrons. The fourth-order valence-electron chi connectivity index (χ4n) is 6.73. The fourth-order valence-corrected chi connectivity index (χ4v) is 7.55. The van der Waals surface area contributed by atoms with Gasteiger partial charge in [-0.2, -0.15) is 0 Å². The molecule has 3 fully saturated rings. The monoisotopic (exact) mass is 679 g/mol. The number of methoxy groups -OCH3 is 1. The van der Waals surface area contributed by atoms with E-state index in [0.29, 0.717) is 48.8 Å². The number of pyridine rings is 1. The van der Waals surface area contributed by atoms with Gasteiger partial charge in [-0.05, 0) is 83.4 Å². The zero-order chi connectivity index (χ0) is 34.1. The molecule has 3 amide bonds. The predicted molar refractivity (Wildman–Crippen MR) is 183 cm³/mol. The number of aryl methyl sites for hydroxylation is 1. The minimum absolute atomic E-state index is 0.0231. The van der Waals surface area contributed by atoms with Crippen LogP contribution in [0.15, 0.2) is 35.5 Å². The number of carbonyl (C=O) groups is 3. The number of fused-ring (bicyclic) bond motifs is 3. The van der Waals surface area contributed by atoms with Crippen molar-refractivity contribution in [1.82, 2.24) is 19.9 Å². The van der Waals surface area contributed by atoms with Gasteiger partial charge in [0, 0.05) is 34.1 Å². The third-order valence-electron chi connectivity index (χ3n) is 10.0. The molecule has 2 saturated carbocycles. The quantitative estimate of drug-likeness (QED) is 0.209. The molecule has 2 aliphatic heterocycles. The molecule has 13 heteroatoms. The van der Waals surface area contributed by atoms with Crippen LogP contribution in [0.5, 0.6) is 17.4 Å². The summed E-state index contributed by atoms with van der Waals surface area (Å²) in [6.45, 7) is 6.36. The van der Waals surface area contributed by atoms with Crippen molar-refractivity contribution in [2.75, 3.05) is 20.3 Å². The lowest BCUT2D eigenvalue weighted by atomic mass is 10.1. The maximum Gasteiger partial charge on any atom is 0.256 e. The second-order valence-corrected chi connectivity index (χ2v) is 15.0. The Morgan fingerprint density at radius 3 is 2.75 bits per heavy atom. The van der Waals surface area contributed by atoms with Gasteiger partial charge < -0.3 is 24.4 Å². The van der Waals surface area contributed by atoms with Gasteiger partial charge in [-0.25, -0.2) is 4.98 Å². The number of hydrogen-bond acceptors (Lipinski definition) is 10. The molecule has 1 saturated heterocycles. The van der Waals surface area contributed by atoms with Crippen LogP contribution in [0.3, 0.4) is 0 Å². The van der Waals surface area contributed by atoms with Gasteiger partial charge in [0.2, 0.25) is 11.8 Å². The van der Waals surface area contributed by atoms with E-state index >= 15 is 0 Å². The zero-order valence-corrected chi connectivity index (χ0v) is 28.9. The van der Waals surface area contributed by atoms with Crippen LogP contribution in [0.2, 0.25) is 0 Å². The van der Waals surface area contributed by atoms with Crippen LogP contribution in [-0.2, 0) is 14.4 Å². The van der Waals surface area contributed by atoms with E-state index < -0.39 is 35.5 Å². The van der Waals surface area contributed by atoms with Gasteiger partial charge in [0.15, 0.2) is 6.04 Å². The summed E-state index contributed by atoms with van der Waals surface area (Å²) < 4.78 is 20.9. The van der Waals surface area contributed by atoms with Gasteiger partial charge in [-0.15, -0.1) is 4.91 Å². The molecule has 6 rings (SSSR count). The minimum Gasteiger partial charge on any atom is -0.496 e. The number of aromatic nitrogens is 1. The smallest absolute Gasteiger partial charge is 0.256 e. The second-order valence-electron chi connectivity index (χ2n) is 13.6. The summed E-state index contributed by atoms with van der Waals surface area (Å²) in [5.41, 5.74) is 0.369. The van der Waals surface area contributed by atoms with E-state index in [9.17, 15) is 19.3 Å². The molecule has 1 aromatic carbocycles. The van der Waals surface area contributed by atoms with Gasteiger partial charge in [0.05, 0.1) is 25.8 Å². The summed E-state index contributed by atoms with van der Waals surface area (Å²) in [6.07, 6.45) is 9.71. The number of allylic oxidation sites excluding steroid dienone is 1. The Bertz CT molecular complexity index is 1610. The van der Waals surface area contributed by atoms with E-state index in [0.717, 1.165) is 43.1 Å². The number of rotatable bonds is 9. The summed E-state index contributed by atoms with van der Waals surface area (Å²) in [5.74, 6) is 0.214. The maximum absolute atomic E-state index is 14.2. The number of amides is 3. The molecule has 4 aliphatic rings. The van der Waals surface area contributed by atoms with Crippen LogP contribution in [-0.4, -0.2) is 76.3 Å². The maximum atomic E-state index is 14.2. The van der Waals surface area contributed by atoms with Crippen molar-refractivity contribution in [2.24, 2.45) is 11.1 Å². The number of benzene rings is 1. The Balaban J connectivity index is 1.30. The van der Waals surface area contributed by atoms with E-state index in [2.05, 4.69) is 33.2 Å². The average Bonchev–Trinajstić information content (AvgIpc) is 3.94. The predicted octanol–water partition coefficient (Wildman–Crippen LogP) is 5.15. The number of nitroso groups, excluding NO2 is 1. The molecule has 1 aromatic heterocycles. The third kappa shape index (κ3) is 6.97. The summed E-state index contributed by atoms with van der Waals surface area (Å²) >= 11 is 1.41. The Labute approximate surface area is 285 Å². The van der Waals surface area contributed by atoms with Crippen LogP contribution >= 0.6 is 11.9 Å². The highest BCUT2D eigenvalue weighted by atomic mass is 32.2. The van der Waals surface area contributed by atoms with E-state index in [-0.39, 0.29) is 29.5 Å². The number of ether oxygens (including phenoxy) is 3. The summed E-state index contributed by atoms with van der Waals surface area (Å²) in [7, 11) is 1.60. The molecule has 12 nitrogen and oxygen atoms in total. The number of carbonyl (C=O) groups excluding carboxylic acids is 3. The zero-order valence-electron chi connectivity index (χ0n) is 28.1. The Morgan fingerprint density at radius 2 is 2.02 bits per heavy atom. The normalized spacial score (nSPS) is 29.0. The summed E-state index contributed by atoms with van der Waals surface area (Å²) in [4.78, 5) is 59.8. The first-order valence-corrected chi connectivity index (χ1v) is 17.8. The van der Waals surface area contributed by atoms with E-state index in [1.807, 2.05) is 32.1 Å². The molecule has 3 heterocycles. The molecular weight excluding hydrogens is 634 g/mol. The first-order chi connectivity index (χ1) is 23.1. The second kappa shape index (κ2) is 13.9. The van der Waals surface area contributed by atoms with Gasteiger partial charge in [0.25, 0.3) is 11.8 Å². The average molecular weight is 680 g/mol. The van der Waals surface area contributed by atoms with Crippen molar-refractivity contribution < 1.29 is 28.6 Å². The van der Waals surface area contributed by atoms with Crippen LogP contribution in [0.1, 0.15) is 77.2 Å². The molecule has 0 unspecified atom stereocenters. The highest BCUT2D eigenvalue weighted by Crippen LogP contribution is 2.49. The van der Waals surface area contributed by atoms with Crippen LogP contribution in [0, 0.1) is 17.7 Å². The fraction of sp³-hybridized carbons (Fsp3) is 0.600. The number of hydrogen-bond donors (Lipinski definition) is 2. The van der Waals surface area contributed by atoms with Crippen molar-refractivity contribution in [1.29, 1.82) is 0 Å². The van der Waals surface area contributed by atoms with Crippen molar-refractivity contribution in [2.45, 2.75) is 107 Å². The molecule has 0 bridgehead atoms. The first-order valence-electron chi connectivity index (χ1n) is 17.0. The molecule has 0 radical (unpaired) electrons. The highest BCUT2D eigenvalue weighted by Gasteiger charge is 2.61. The third-order valence-corrected chi connectivity index (χ3v) is 11.2. The summed E-state index contributed by atoms with van der Waals surface area (Å²) in [5, 5.41) is 6.99. The Hall–Kier alpha value is -3.87. The molecule has 2 aromatic rings. The largest absolute Gasteiger partial charge is 0.496 e. The first kappa shape index (κ1) is 34.0. The van der Waals surface area contributed by atoms with Crippen molar-refractivity contribution in [3.63, 3.8) is 0 Å². The van der Waals surface area contributed by atoms with Crippen molar-refractivity contribution >= 4 is 40.6 Å². The molecule has 48 heavy (non-hydrogen) atoms. The lowest BCUT2D eigenvalue weighted by Gasteiger charge is -2.27. The number of nitrogens with one attached hydrogen (secondary N) is 2. The van der Waals surface area contributed by atoms with E-state index in [1.165, 1.54) is 16.8 Å². The van der Waals surface area contributed by atoms with Crippen LogP contribution < -0.4 is 24.2 Å². The minimum atomic E-state index is -1.11.